The van der Waals surface area contributed by atoms with Gasteiger partial charge in [-0.2, -0.15) is 11.8 Å². The molecule has 1 aliphatic rings. The first kappa shape index (κ1) is 11.8. The van der Waals surface area contributed by atoms with Gasteiger partial charge in [-0.05, 0) is 13.8 Å². The summed E-state index contributed by atoms with van der Waals surface area (Å²) in [6.45, 7) is 4.70. The normalized spacial score (nSPS) is 23.1. The van der Waals surface area contributed by atoms with Gasteiger partial charge >= 0.3 is 0 Å². The molecule has 1 aromatic rings. The number of aryl methyl sites for hydroxylation is 1. The van der Waals surface area contributed by atoms with Crippen molar-refractivity contribution in [1.29, 1.82) is 0 Å². The number of rotatable bonds is 2. The number of nitrogens with two attached hydrogens (primary N) is 1. The van der Waals surface area contributed by atoms with Crippen molar-refractivity contribution in [1.82, 2.24) is 9.97 Å². The maximum Gasteiger partial charge on any atom is 0.158 e. The summed E-state index contributed by atoms with van der Waals surface area (Å²) in [7, 11) is 0. The molecule has 0 aromatic carbocycles. The molecular weight excluding hydrogens is 222 g/mol. The van der Waals surface area contributed by atoms with E-state index in [1.807, 2.05) is 31.8 Å². The number of hydrogen-bond donors (Lipinski definition) is 1. The van der Waals surface area contributed by atoms with Crippen molar-refractivity contribution in [3.05, 3.63) is 23.3 Å². The van der Waals surface area contributed by atoms with Crippen molar-refractivity contribution in [2.24, 2.45) is 5.73 Å². The lowest BCUT2D eigenvalue weighted by molar-refractivity contribution is 0.0692. The van der Waals surface area contributed by atoms with Gasteiger partial charge in [0.1, 0.15) is 6.10 Å². The van der Waals surface area contributed by atoms with Gasteiger partial charge in [0.25, 0.3) is 0 Å². The molecule has 1 fully saturated rings. The number of ether oxygens (including phenoxy) is 1. The van der Waals surface area contributed by atoms with Gasteiger partial charge in [-0.15, -0.1) is 0 Å². The number of aromatic nitrogens is 2. The first-order valence-electron chi connectivity index (χ1n) is 5.47. The van der Waals surface area contributed by atoms with Crippen molar-refractivity contribution < 1.29 is 4.74 Å². The predicted molar refractivity (Wildman–Crippen MR) is 65.4 cm³/mol. The molecule has 2 atom stereocenters. The van der Waals surface area contributed by atoms with Gasteiger partial charge in [-0.3, -0.25) is 0 Å². The zero-order chi connectivity index (χ0) is 11.5. The van der Waals surface area contributed by atoms with Crippen LogP contribution < -0.4 is 5.73 Å². The van der Waals surface area contributed by atoms with Crippen LogP contribution in [-0.4, -0.2) is 28.1 Å². The summed E-state index contributed by atoms with van der Waals surface area (Å²) in [5.41, 5.74) is 7.79. The van der Waals surface area contributed by atoms with Crippen LogP contribution in [0, 0.1) is 6.92 Å². The van der Waals surface area contributed by atoms with Crippen LogP contribution in [0.2, 0.25) is 0 Å². The van der Waals surface area contributed by atoms with Gasteiger partial charge in [0.2, 0.25) is 0 Å². The minimum atomic E-state index is -0.0179. The Morgan fingerprint density at radius 3 is 3.00 bits per heavy atom. The first-order chi connectivity index (χ1) is 7.68. The highest BCUT2D eigenvalue weighted by Crippen LogP contribution is 2.25. The number of thioether (sulfide) groups is 1. The average molecular weight is 239 g/mol. The van der Waals surface area contributed by atoms with Crippen LogP contribution in [0.5, 0.6) is 0 Å². The van der Waals surface area contributed by atoms with Gasteiger partial charge in [-0.25, -0.2) is 9.97 Å². The minimum Gasteiger partial charge on any atom is -0.368 e. The van der Waals surface area contributed by atoms with Crippen LogP contribution in [0.4, 0.5) is 0 Å². The van der Waals surface area contributed by atoms with Crippen molar-refractivity contribution in [3.63, 3.8) is 0 Å². The lowest BCUT2D eigenvalue weighted by Crippen LogP contribution is -2.19. The summed E-state index contributed by atoms with van der Waals surface area (Å²) in [6.07, 6.45) is 1.87. The molecule has 1 aliphatic heterocycles. The minimum absolute atomic E-state index is 0.0179. The van der Waals surface area contributed by atoms with E-state index in [2.05, 4.69) is 9.97 Å². The van der Waals surface area contributed by atoms with Crippen LogP contribution in [0.15, 0.2) is 6.20 Å². The smallest absolute Gasteiger partial charge is 0.158 e. The van der Waals surface area contributed by atoms with Crippen LogP contribution in [-0.2, 0) is 4.74 Å². The van der Waals surface area contributed by atoms with Gasteiger partial charge in [-0.1, -0.05) is 0 Å². The summed E-state index contributed by atoms with van der Waals surface area (Å²) in [4.78, 5) is 8.84. The molecule has 0 spiro atoms. The SMILES string of the molecule is Cc1nc(C2CSCCO2)ncc1[C@H](C)N. The summed E-state index contributed by atoms with van der Waals surface area (Å²) in [5, 5.41) is 0. The summed E-state index contributed by atoms with van der Waals surface area (Å²) in [5.74, 6) is 2.79. The van der Waals surface area contributed by atoms with Crippen molar-refractivity contribution in [3.8, 4) is 0 Å². The molecule has 1 aromatic heterocycles. The van der Waals surface area contributed by atoms with Crippen molar-refractivity contribution >= 4 is 11.8 Å². The molecule has 2 heterocycles. The summed E-state index contributed by atoms with van der Waals surface area (Å²) < 4.78 is 5.64. The van der Waals surface area contributed by atoms with Crippen LogP contribution in [0.3, 0.4) is 0 Å². The van der Waals surface area contributed by atoms with E-state index in [1.165, 1.54) is 0 Å². The Hall–Kier alpha value is -0.650. The Kier molecular flexibility index (Phi) is 3.78. The predicted octanol–water partition coefficient (Wildman–Crippen LogP) is 1.61. The molecule has 0 amide bonds. The Labute approximate surface area is 100.0 Å². The average Bonchev–Trinajstić information content (AvgIpc) is 2.29. The third-order valence-corrected chi connectivity index (χ3v) is 3.62. The van der Waals surface area contributed by atoms with E-state index < -0.39 is 0 Å². The maximum atomic E-state index is 5.83. The number of nitrogens with zero attached hydrogens (tertiary/aromatic N) is 2. The fourth-order valence-electron chi connectivity index (χ4n) is 1.73. The fraction of sp³-hybridized carbons (Fsp3) is 0.636. The molecular formula is C11H17N3OS. The quantitative estimate of drug-likeness (QED) is 0.849. The van der Waals surface area contributed by atoms with Crippen LogP contribution in [0.1, 0.15) is 36.2 Å². The van der Waals surface area contributed by atoms with E-state index in [-0.39, 0.29) is 12.1 Å². The zero-order valence-corrected chi connectivity index (χ0v) is 10.5. The van der Waals surface area contributed by atoms with E-state index in [9.17, 15) is 0 Å². The lowest BCUT2D eigenvalue weighted by atomic mass is 10.1. The Bertz CT molecular complexity index is 364. The Morgan fingerprint density at radius 2 is 2.44 bits per heavy atom. The lowest BCUT2D eigenvalue weighted by Gasteiger charge is -2.21. The second-order valence-corrected chi connectivity index (χ2v) is 5.14. The number of hydrogen-bond acceptors (Lipinski definition) is 5. The Balaban J connectivity index is 2.19. The molecule has 16 heavy (non-hydrogen) atoms. The molecule has 4 nitrogen and oxygen atoms in total. The maximum absolute atomic E-state index is 5.83. The second-order valence-electron chi connectivity index (χ2n) is 3.99. The summed E-state index contributed by atoms with van der Waals surface area (Å²) in [6, 6.07) is -0.0179. The van der Waals surface area contributed by atoms with Crippen LogP contribution in [0.25, 0.3) is 0 Å². The van der Waals surface area contributed by atoms with Gasteiger partial charge in [0.15, 0.2) is 5.82 Å². The molecule has 5 heteroatoms. The molecule has 2 rings (SSSR count). The molecule has 2 N–H and O–H groups in total. The van der Waals surface area contributed by atoms with E-state index in [1.54, 1.807) is 0 Å². The third kappa shape index (κ3) is 2.53. The van der Waals surface area contributed by atoms with E-state index >= 15 is 0 Å². The molecule has 88 valence electrons. The fourth-order valence-corrected chi connectivity index (χ4v) is 2.57. The summed E-state index contributed by atoms with van der Waals surface area (Å²) >= 11 is 1.88. The standard InChI is InChI=1S/C11H17N3OS/c1-7(12)9-5-13-11(14-8(9)2)10-6-16-4-3-15-10/h5,7,10H,3-4,6,12H2,1-2H3/t7-,10?/m0/s1. The molecule has 0 bridgehead atoms. The molecule has 1 unspecified atom stereocenters. The first-order valence-corrected chi connectivity index (χ1v) is 6.62. The van der Waals surface area contributed by atoms with E-state index in [0.717, 1.165) is 35.2 Å². The highest BCUT2D eigenvalue weighted by Gasteiger charge is 2.20. The highest BCUT2D eigenvalue weighted by atomic mass is 32.2. The zero-order valence-electron chi connectivity index (χ0n) is 9.64. The molecule has 0 saturated carbocycles. The molecule has 0 radical (unpaired) electrons. The Morgan fingerprint density at radius 1 is 1.62 bits per heavy atom. The van der Waals surface area contributed by atoms with Crippen molar-refractivity contribution in [2.45, 2.75) is 26.0 Å². The largest absolute Gasteiger partial charge is 0.368 e. The van der Waals surface area contributed by atoms with Crippen molar-refractivity contribution in [2.75, 3.05) is 18.1 Å². The van der Waals surface area contributed by atoms with E-state index in [0.29, 0.717) is 0 Å². The van der Waals surface area contributed by atoms with Gasteiger partial charge < -0.3 is 10.5 Å². The molecule has 0 aliphatic carbocycles. The highest BCUT2D eigenvalue weighted by molar-refractivity contribution is 7.99. The van der Waals surface area contributed by atoms with Gasteiger partial charge in [0, 0.05) is 35.0 Å². The van der Waals surface area contributed by atoms with Crippen LogP contribution >= 0.6 is 11.8 Å². The topological polar surface area (TPSA) is 61.0 Å². The monoisotopic (exact) mass is 239 g/mol. The van der Waals surface area contributed by atoms with E-state index in [4.69, 9.17) is 10.5 Å². The second kappa shape index (κ2) is 5.12. The third-order valence-electron chi connectivity index (χ3n) is 2.63. The van der Waals surface area contributed by atoms with Gasteiger partial charge in [0.05, 0.1) is 6.61 Å². The molecule has 1 saturated heterocycles.